The van der Waals surface area contributed by atoms with Gasteiger partial charge in [-0.2, -0.15) is 13.9 Å². The van der Waals surface area contributed by atoms with Crippen LogP contribution in [0.1, 0.15) is 18.9 Å². The predicted molar refractivity (Wildman–Crippen MR) is 61.4 cm³/mol. The summed E-state index contributed by atoms with van der Waals surface area (Å²) >= 11 is 0. The Morgan fingerprint density at radius 2 is 2.22 bits per heavy atom. The molecule has 0 spiro atoms. The minimum Gasteiger partial charge on any atom is -0.316 e. The normalized spacial score (nSPS) is 11.7. The number of alkyl halides is 2. The second kappa shape index (κ2) is 5.22. The summed E-state index contributed by atoms with van der Waals surface area (Å²) in [7, 11) is 0. The average Bonchev–Trinajstić information content (AvgIpc) is 2.91. The number of halogens is 2. The number of hydrogen-bond donors (Lipinski definition) is 0. The Bertz CT molecular complexity index is 483. The molecule has 0 saturated carbocycles. The maximum atomic E-state index is 12.9. The molecule has 6 heteroatoms. The van der Waals surface area contributed by atoms with Crippen LogP contribution >= 0.6 is 0 Å². The first-order chi connectivity index (χ1) is 8.61. The minimum atomic E-state index is -3.08. The Morgan fingerprint density at radius 3 is 2.78 bits per heavy atom. The monoisotopic (exact) mass is 253 g/mol. The van der Waals surface area contributed by atoms with Crippen LogP contribution in [0.25, 0.3) is 5.82 Å². The van der Waals surface area contributed by atoms with Gasteiger partial charge in [0.25, 0.3) is 0 Å². The molecule has 0 bridgehead atoms. The van der Waals surface area contributed by atoms with Crippen molar-refractivity contribution in [3.8, 4) is 5.82 Å². The Hall–Kier alpha value is -1.82. The first-order valence-electron chi connectivity index (χ1n) is 5.57. The summed E-state index contributed by atoms with van der Waals surface area (Å²) in [4.78, 5) is 4.12. The lowest BCUT2D eigenvalue weighted by Crippen LogP contribution is -2.19. The van der Waals surface area contributed by atoms with Crippen molar-refractivity contribution < 1.29 is 13.5 Å². The van der Waals surface area contributed by atoms with Gasteiger partial charge in [-0.3, -0.25) is 0 Å². The molecule has 18 heavy (non-hydrogen) atoms. The second-order valence-corrected chi connectivity index (χ2v) is 3.75. The third-order valence-corrected chi connectivity index (χ3v) is 2.41. The van der Waals surface area contributed by atoms with Crippen molar-refractivity contribution in [2.75, 3.05) is 0 Å². The number of ether oxygens (including phenoxy) is 1. The summed E-state index contributed by atoms with van der Waals surface area (Å²) in [6.07, 6.45) is 1.47. The summed E-state index contributed by atoms with van der Waals surface area (Å²) in [5, 5.41) is 4.02. The molecule has 96 valence electrons. The molecule has 0 unspecified atom stereocenters. The van der Waals surface area contributed by atoms with Crippen molar-refractivity contribution in [3.63, 3.8) is 0 Å². The molecule has 2 aromatic heterocycles. The first-order valence-corrected chi connectivity index (χ1v) is 5.57. The molecule has 0 fully saturated rings. The number of aromatic nitrogens is 3. The van der Waals surface area contributed by atoms with E-state index in [1.54, 1.807) is 35.3 Å². The quantitative estimate of drug-likeness (QED) is 0.822. The second-order valence-electron chi connectivity index (χ2n) is 3.75. The summed E-state index contributed by atoms with van der Waals surface area (Å²) in [6, 6.07) is 5.17. The smallest absolute Gasteiger partial charge is 0.316 e. The topological polar surface area (TPSA) is 39.9 Å². The largest absolute Gasteiger partial charge is 0.355 e. The van der Waals surface area contributed by atoms with Crippen LogP contribution in [-0.4, -0.2) is 20.9 Å². The van der Waals surface area contributed by atoms with Gasteiger partial charge in [-0.25, -0.2) is 9.67 Å². The maximum absolute atomic E-state index is 12.9. The third-order valence-electron chi connectivity index (χ3n) is 2.41. The summed E-state index contributed by atoms with van der Waals surface area (Å²) in [5.41, 5.74) is 0.596. The number of pyridine rings is 1. The van der Waals surface area contributed by atoms with Crippen molar-refractivity contribution in [3.05, 3.63) is 42.4 Å². The van der Waals surface area contributed by atoms with Crippen LogP contribution in [0, 0.1) is 0 Å². The van der Waals surface area contributed by atoms with Gasteiger partial charge in [0.2, 0.25) is 0 Å². The van der Waals surface area contributed by atoms with Gasteiger partial charge >= 0.3 is 6.11 Å². The van der Waals surface area contributed by atoms with Crippen molar-refractivity contribution in [2.45, 2.75) is 26.1 Å². The summed E-state index contributed by atoms with van der Waals surface area (Å²) in [6.45, 7) is 1.21. The van der Waals surface area contributed by atoms with Gasteiger partial charge in [0.05, 0.1) is 6.61 Å². The van der Waals surface area contributed by atoms with Crippen molar-refractivity contribution in [1.82, 2.24) is 14.8 Å². The van der Waals surface area contributed by atoms with Crippen LogP contribution in [0.5, 0.6) is 0 Å². The molecule has 0 radical (unpaired) electrons. The fourth-order valence-electron chi connectivity index (χ4n) is 1.33. The van der Waals surface area contributed by atoms with E-state index in [9.17, 15) is 8.78 Å². The zero-order valence-corrected chi connectivity index (χ0v) is 9.88. The van der Waals surface area contributed by atoms with Gasteiger partial charge in [-0.05, 0) is 17.7 Å². The predicted octanol–water partition coefficient (Wildman–Crippen LogP) is 2.79. The Kier molecular flexibility index (Phi) is 3.66. The molecule has 2 rings (SSSR count). The van der Waals surface area contributed by atoms with E-state index < -0.39 is 6.11 Å². The molecule has 4 nitrogen and oxygen atoms in total. The molecule has 0 aromatic carbocycles. The third kappa shape index (κ3) is 3.10. The standard InChI is InChI=1S/C12H13F2N3O/c1-2-12(13,14)18-9-10-4-5-11(15-8-10)17-7-3-6-16-17/h3-8H,2,9H2,1H3. The van der Waals surface area contributed by atoms with Crippen LogP contribution in [0.3, 0.4) is 0 Å². The molecule has 0 aliphatic carbocycles. The molecule has 0 atom stereocenters. The number of rotatable bonds is 5. The maximum Gasteiger partial charge on any atom is 0.355 e. The fraction of sp³-hybridized carbons (Fsp3) is 0.333. The Morgan fingerprint density at radius 1 is 1.39 bits per heavy atom. The highest BCUT2D eigenvalue weighted by Gasteiger charge is 2.26. The van der Waals surface area contributed by atoms with Crippen LogP contribution in [0.4, 0.5) is 8.78 Å². The van der Waals surface area contributed by atoms with E-state index in [4.69, 9.17) is 0 Å². The molecule has 0 aliphatic heterocycles. The Balaban J connectivity index is 2.00. The van der Waals surface area contributed by atoms with Gasteiger partial charge in [0, 0.05) is 25.0 Å². The van der Waals surface area contributed by atoms with Crippen molar-refractivity contribution in [2.24, 2.45) is 0 Å². The lowest BCUT2D eigenvalue weighted by atomic mass is 10.3. The summed E-state index contributed by atoms with van der Waals surface area (Å²) < 4.78 is 31.9. The van der Waals surface area contributed by atoms with Crippen LogP contribution in [0.15, 0.2) is 36.8 Å². The van der Waals surface area contributed by atoms with Gasteiger partial charge in [0.15, 0.2) is 5.82 Å². The molecule has 0 saturated heterocycles. The molecule has 0 amide bonds. The van der Waals surface area contributed by atoms with Crippen molar-refractivity contribution in [1.29, 1.82) is 0 Å². The van der Waals surface area contributed by atoms with E-state index >= 15 is 0 Å². The fourth-order valence-corrected chi connectivity index (χ4v) is 1.33. The van der Waals surface area contributed by atoms with E-state index in [0.29, 0.717) is 11.4 Å². The van der Waals surface area contributed by atoms with Crippen LogP contribution in [0.2, 0.25) is 0 Å². The van der Waals surface area contributed by atoms with Crippen LogP contribution < -0.4 is 0 Å². The Labute approximate surface area is 103 Å². The molecule has 0 aliphatic rings. The number of nitrogens with zero attached hydrogens (tertiary/aromatic N) is 3. The molecule has 0 N–H and O–H groups in total. The van der Waals surface area contributed by atoms with E-state index in [2.05, 4.69) is 14.8 Å². The van der Waals surface area contributed by atoms with Gasteiger partial charge in [0.1, 0.15) is 0 Å². The molecule has 2 heterocycles. The van der Waals surface area contributed by atoms with E-state index in [-0.39, 0.29) is 13.0 Å². The van der Waals surface area contributed by atoms with Crippen LogP contribution in [-0.2, 0) is 11.3 Å². The minimum absolute atomic E-state index is 0.159. The van der Waals surface area contributed by atoms with E-state index in [1.165, 1.54) is 13.1 Å². The average molecular weight is 253 g/mol. The highest BCUT2D eigenvalue weighted by Crippen LogP contribution is 2.21. The zero-order valence-electron chi connectivity index (χ0n) is 9.88. The molecular weight excluding hydrogens is 240 g/mol. The highest BCUT2D eigenvalue weighted by molar-refractivity contribution is 5.23. The van der Waals surface area contributed by atoms with Gasteiger partial charge in [-0.15, -0.1) is 0 Å². The van der Waals surface area contributed by atoms with Gasteiger partial charge in [-0.1, -0.05) is 13.0 Å². The van der Waals surface area contributed by atoms with Gasteiger partial charge < -0.3 is 4.74 Å². The molecule has 2 aromatic rings. The van der Waals surface area contributed by atoms with Crippen molar-refractivity contribution >= 4 is 0 Å². The van der Waals surface area contributed by atoms with E-state index in [1.807, 2.05) is 0 Å². The van der Waals surface area contributed by atoms with E-state index in [0.717, 1.165) is 0 Å². The molecular formula is C12H13F2N3O. The zero-order chi connectivity index (χ0) is 13.0. The first kappa shape index (κ1) is 12.6. The number of hydrogen-bond acceptors (Lipinski definition) is 3. The highest BCUT2D eigenvalue weighted by atomic mass is 19.3. The summed E-state index contributed by atoms with van der Waals surface area (Å²) in [5.74, 6) is 0.631. The lowest BCUT2D eigenvalue weighted by Gasteiger charge is -2.14. The lowest BCUT2D eigenvalue weighted by molar-refractivity contribution is -0.246. The SMILES string of the molecule is CCC(F)(F)OCc1ccc(-n2cccn2)nc1.